The van der Waals surface area contributed by atoms with E-state index in [0.29, 0.717) is 24.9 Å². The molecule has 3 aromatic rings. The number of likely N-dealkylation sites (N-methyl/N-ethyl adjacent to an activating group) is 1. The van der Waals surface area contributed by atoms with Crippen molar-refractivity contribution >= 4 is 0 Å². The molecule has 0 amide bonds. The van der Waals surface area contributed by atoms with Crippen LogP contribution in [-0.4, -0.2) is 42.4 Å². The smallest absolute Gasteiger partial charge is 0.247 e. The van der Waals surface area contributed by atoms with E-state index in [0.717, 1.165) is 17.1 Å². The van der Waals surface area contributed by atoms with Gasteiger partial charge in [0.05, 0.1) is 13.2 Å². The summed E-state index contributed by atoms with van der Waals surface area (Å²) in [6.45, 7) is 3.27. The second-order valence-corrected chi connectivity index (χ2v) is 5.97. The van der Waals surface area contributed by atoms with Gasteiger partial charge in [0, 0.05) is 12.1 Å². The molecule has 1 aromatic heterocycles. The van der Waals surface area contributed by atoms with Gasteiger partial charge >= 0.3 is 0 Å². The van der Waals surface area contributed by atoms with Crippen LogP contribution in [0.1, 0.15) is 18.9 Å². The molecule has 26 heavy (non-hydrogen) atoms. The normalized spacial score (nSPS) is 12.2. The van der Waals surface area contributed by atoms with Crippen LogP contribution in [0.2, 0.25) is 0 Å². The Bertz CT molecular complexity index is 820. The van der Waals surface area contributed by atoms with Crippen molar-refractivity contribution in [1.29, 1.82) is 0 Å². The third-order valence-corrected chi connectivity index (χ3v) is 4.25. The summed E-state index contributed by atoms with van der Waals surface area (Å²) in [6, 6.07) is 17.4. The molecule has 6 heteroatoms. The molecule has 0 aliphatic carbocycles. The van der Waals surface area contributed by atoms with Crippen LogP contribution in [0.15, 0.2) is 59.0 Å². The molecule has 6 nitrogen and oxygen atoms in total. The molecule has 1 unspecified atom stereocenters. The number of benzene rings is 2. The molecule has 0 aliphatic heterocycles. The van der Waals surface area contributed by atoms with Gasteiger partial charge in [-0.05, 0) is 38.2 Å². The molecule has 1 heterocycles. The SMILES string of the molecule is COc1ccccc1OCCN(C)C(C)c1nnc(-c2ccccc2)o1. The van der Waals surface area contributed by atoms with E-state index in [1.54, 1.807) is 7.11 Å². The molecule has 2 aromatic carbocycles. The van der Waals surface area contributed by atoms with Gasteiger partial charge in [-0.15, -0.1) is 10.2 Å². The Labute approximate surface area is 153 Å². The minimum absolute atomic E-state index is 0.0127. The minimum Gasteiger partial charge on any atom is -0.493 e. The number of methoxy groups -OCH3 is 1. The highest BCUT2D eigenvalue weighted by Gasteiger charge is 2.19. The highest BCUT2D eigenvalue weighted by atomic mass is 16.5. The second-order valence-electron chi connectivity index (χ2n) is 5.97. The van der Waals surface area contributed by atoms with Crippen molar-refractivity contribution in [3.63, 3.8) is 0 Å². The Morgan fingerprint density at radius 3 is 2.42 bits per heavy atom. The highest BCUT2D eigenvalue weighted by molar-refractivity contribution is 5.51. The first kappa shape index (κ1) is 17.9. The summed E-state index contributed by atoms with van der Waals surface area (Å²) in [4.78, 5) is 2.11. The lowest BCUT2D eigenvalue weighted by atomic mass is 10.2. The minimum atomic E-state index is -0.0127. The van der Waals surface area contributed by atoms with Gasteiger partial charge in [-0.25, -0.2) is 0 Å². The van der Waals surface area contributed by atoms with E-state index in [1.807, 2.05) is 68.6 Å². The van der Waals surface area contributed by atoms with Crippen molar-refractivity contribution in [2.45, 2.75) is 13.0 Å². The third-order valence-electron chi connectivity index (χ3n) is 4.25. The molecule has 0 fully saturated rings. The lowest BCUT2D eigenvalue weighted by Crippen LogP contribution is -2.27. The number of hydrogen-bond acceptors (Lipinski definition) is 6. The van der Waals surface area contributed by atoms with E-state index < -0.39 is 0 Å². The number of aromatic nitrogens is 2. The fourth-order valence-electron chi connectivity index (χ4n) is 2.52. The number of para-hydroxylation sites is 2. The van der Waals surface area contributed by atoms with Crippen LogP contribution in [0.5, 0.6) is 11.5 Å². The highest BCUT2D eigenvalue weighted by Crippen LogP contribution is 2.26. The quantitative estimate of drug-likeness (QED) is 0.614. The van der Waals surface area contributed by atoms with Crippen LogP contribution in [-0.2, 0) is 0 Å². The number of ether oxygens (including phenoxy) is 2. The van der Waals surface area contributed by atoms with E-state index >= 15 is 0 Å². The van der Waals surface area contributed by atoms with Crippen molar-refractivity contribution in [3.05, 3.63) is 60.5 Å². The maximum Gasteiger partial charge on any atom is 0.247 e. The fourth-order valence-corrected chi connectivity index (χ4v) is 2.52. The first-order chi connectivity index (χ1) is 12.7. The largest absolute Gasteiger partial charge is 0.493 e. The van der Waals surface area contributed by atoms with Gasteiger partial charge < -0.3 is 13.9 Å². The zero-order valence-corrected chi connectivity index (χ0v) is 15.3. The Morgan fingerprint density at radius 1 is 1.00 bits per heavy atom. The van der Waals surface area contributed by atoms with Crippen LogP contribution < -0.4 is 9.47 Å². The number of hydrogen-bond donors (Lipinski definition) is 0. The zero-order chi connectivity index (χ0) is 18.4. The molecule has 0 spiro atoms. The van der Waals surface area contributed by atoms with E-state index in [9.17, 15) is 0 Å². The van der Waals surface area contributed by atoms with Crippen molar-refractivity contribution in [1.82, 2.24) is 15.1 Å². The van der Waals surface area contributed by atoms with Gasteiger partial charge in [-0.1, -0.05) is 30.3 Å². The maximum atomic E-state index is 5.83. The number of rotatable bonds is 8. The average molecular weight is 353 g/mol. The summed E-state index contributed by atoms with van der Waals surface area (Å²) in [5, 5.41) is 8.34. The van der Waals surface area contributed by atoms with Crippen LogP contribution >= 0.6 is 0 Å². The van der Waals surface area contributed by atoms with Crippen LogP contribution in [0, 0.1) is 0 Å². The van der Waals surface area contributed by atoms with Crippen molar-refractivity contribution in [2.24, 2.45) is 0 Å². The summed E-state index contributed by atoms with van der Waals surface area (Å²) in [5.41, 5.74) is 0.917. The van der Waals surface area contributed by atoms with Crippen LogP contribution in [0.3, 0.4) is 0 Å². The van der Waals surface area contributed by atoms with Gasteiger partial charge in [0.15, 0.2) is 11.5 Å². The van der Waals surface area contributed by atoms with E-state index in [2.05, 4.69) is 15.1 Å². The Balaban J connectivity index is 1.56. The standard InChI is InChI=1S/C20H23N3O3/c1-15(19-21-22-20(26-19)16-9-5-4-6-10-16)23(2)13-14-25-18-12-8-7-11-17(18)24-3/h4-12,15H,13-14H2,1-3H3. The van der Waals surface area contributed by atoms with Gasteiger partial charge in [-0.2, -0.15) is 0 Å². The van der Waals surface area contributed by atoms with E-state index in [4.69, 9.17) is 13.9 Å². The Kier molecular flexibility index (Phi) is 5.86. The molecule has 1 atom stereocenters. The topological polar surface area (TPSA) is 60.6 Å². The summed E-state index contributed by atoms with van der Waals surface area (Å²) >= 11 is 0. The summed E-state index contributed by atoms with van der Waals surface area (Å²) in [6.07, 6.45) is 0. The van der Waals surface area contributed by atoms with Gasteiger partial charge in [0.25, 0.3) is 0 Å². The molecule has 0 saturated heterocycles. The van der Waals surface area contributed by atoms with E-state index in [1.165, 1.54) is 0 Å². The second kappa shape index (κ2) is 8.49. The molecule has 136 valence electrons. The lowest BCUT2D eigenvalue weighted by Gasteiger charge is -2.22. The summed E-state index contributed by atoms with van der Waals surface area (Å²) in [7, 11) is 3.64. The monoisotopic (exact) mass is 353 g/mol. The van der Waals surface area contributed by atoms with E-state index in [-0.39, 0.29) is 6.04 Å². The lowest BCUT2D eigenvalue weighted by molar-refractivity contribution is 0.179. The first-order valence-corrected chi connectivity index (χ1v) is 8.54. The van der Waals surface area contributed by atoms with Crippen LogP contribution in [0.25, 0.3) is 11.5 Å². The Hall–Kier alpha value is -2.86. The molecule has 0 bridgehead atoms. The summed E-state index contributed by atoms with van der Waals surface area (Å²) < 4.78 is 16.9. The molecule has 0 N–H and O–H groups in total. The van der Waals surface area contributed by atoms with Gasteiger partial charge in [-0.3, -0.25) is 4.90 Å². The predicted molar refractivity (Wildman–Crippen MR) is 99.3 cm³/mol. The molecule has 0 saturated carbocycles. The zero-order valence-electron chi connectivity index (χ0n) is 15.3. The fraction of sp³-hybridized carbons (Fsp3) is 0.300. The number of nitrogens with zero attached hydrogens (tertiary/aromatic N) is 3. The van der Waals surface area contributed by atoms with Gasteiger partial charge in [0.1, 0.15) is 6.61 Å². The maximum absolute atomic E-state index is 5.83. The third kappa shape index (κ3) is 4.21. The van der Waals surface area contributed by atoms with Crippen molar-refractivity contribution in [2.75, 3.05) is 27.3 Å². The molecular formula is C20H23N3O3. The predicted octanol–water partition coefficient (Wildman–Crippen LogP) is 3.82. The van der Waals surface area contributed by atoms with Crippen molar-refractivity contribution in [3.8, 4) is 23.0 Å². The van der Waals surface area contributed by atoms with Crippen molar-refractivity contribution < 1.29 is 13.9 Å². The van der Waals surface area contributed by atoms with Crippen LogP contribution in [0.4, 0.5) is 0 Å². The summed E-state index contributed by atoms with van der Waals surface area (Å²) in [5.74, 6) is 2.59. The first-order valence-electron chi connectivity index (χ1n) is 8.54. The Morgan fingerprint density at radius 2 is 1.69 bits per heavy atom. The molecule has 0 aliphatic rings. The average Bonchev–Trinajstić information content (AvgIpc) is 3.18. The molecule has 0 radical (unpaired) electrons. The molecule has 3 rings (SSSR count). The molecular weight excluding hydrogens is 330 g/mol. The van der Waals surface area contributed by atoms with Gasteiger partial charge in [0.2, 0.25) is 11.8 Å².